The number of aliphatic hydroxyl groups is 1. The summed E-state index contributed by atoms with van der Waals surface area (Å²) in [5.41, 5.74) is 0. The molecule has 2 heterocycles. The van der Waals surface area contributed by atoms with Gasteiger partial charge in [0, 0.05) is 51.2 Å². The number of aryl methyl sites for hydroxylation is 1. The second-order valence-electron chi connectivity index (χ2n) is 5.08. The number of hydrogen-bond acceptors (Lipinski definition) is 5. The molecule has 1 aliphatic rings. The first-order valence-corrected chi connectivity index (χ1v) is 8.42. The van der Waals surface area contributed by atoms with Gasteiger partial charge < -0.3 is 9.67 Å². The van der Waals surface area contributed by atoms with E-state index in [2.05, 4.69) is 9.88 Å². The molecule has 2 rings (SSSR count). The Morgan fingerprint density at radius 2 is 2.15 bits per heavy atom. The van der Waals surface area contributed by atoms with Gasteiger partial charge in [-0.1, -0.05) is 0 Å². The highest BCUT2D eigenvalue weighted by Gasteiger charge is 2.30. The summed E-state index contributed by atoms with van der Waals surface area (Å²) in [6, 6.07) is 0.138. The highest BCUT2D eigenvalue weighted by Crippen LogP contribution is 2.13. The minimum absolute atomic E-state index is 0.0933. The van der Waals surface area contributed by atoms with Crippen LogP contribution in [-0.4, -0.2) is 76.9 Å². The van der Waals surface area contributed by atoms with Gasteiger partial charge in [0.25, 0.3) is 0 Å². The van der Waals surface area contributed by atoms with E-state index in [1.165, 1.54) is 0 Å². The van der Waals surface area contributed by atoms with Crippen LogP contribution in [0.5, 0.6) is 0 Å². The van der Waals surface area contributed by atoms with Gasteiger partial charge in [0.1, 0.15) is 0 Å². The summed E-state index contributed by atoms with van der Waals surface area (Å²) < 4.78 is 28.0. The van der Waals surface area contributed by atoms with Crippen molar-refractivity contribution >= 4 is 10.0 Å². The van der Waals surface area contributed by atoms with Crippen molar-refractivity contribution in [1.82, 2.24) is 18.8 Å². The molecule has 0 spiro atoms. The standard InChI is InChI=1S/C12H22N4O3S/c1-12-10-16(5-4-15(12)6-8-17)20(18,19)9-7-14-3-2-13-11-14/h2-3,11-12,17H,4-10H2,1H3. The van der Waals surface area contributed by atoms with Gasteiger partial charge in [-0.25, -0.2) is 13.4 Å². The Morgan fingerprint density at radius 3 is 2.75 bits per heavy atom. The molecular weight excluding hydrogens is 280 g/mol. The fourth-order valence-corrected chi connectivity index (χ4v) is 3.95. The number of aliphatic hydroxyl groups excluding tert-OH is 1. The molecule has 1 aromatic heterocycles. The maximum Gasteiger partial charge on any atom is 0.215 e. The third-order valence-electron chi connectivity index (χ3n) is 3.68. The molecule has 0 amide bonds. The SMILES string of the molecule is CC1CN(S(=O)(=O)CCn2ccnc2)CCN1CCO. The van der Waals surface area contributed by atoms with Crippen molar-refractivity contribution < 1.29 is 13.5 Å². The Morgan fingerprint density at radius 1 is 1.35 bits per heavy atom. The lowest BCUT2D eigenvalue weighted by Crippen LogP contribution is -2.54. The third kappa shape index (κ3) is 3.78. The van der Waals surface area contributed by atoms with Crippen molar-refractivity contribution in [3.05, 3.63) is 18.7 Å². The van der Waals surface area contributed by atoms with E-state index < -0.39 is 10.0 Å². The lowest BCUT2D eigenvalue weighted by atomic mass is 10.2. The Labute approximate surface area is 119 Å². The molecule has 1 fully saturated rings. The van der Waals surface area contributed by atoms with Crippen LogP contribution < -0.4 is 0 Å². The Hall–Kier alpha value is -0.960. The Balaban J connectivity index is 1.90. The molecule has 8 heteroatoms. The van der Waals surface area contributed by atoms with Gasteiger partial charge >= 0.3 is 0 Å². The molecule has 20 heavy (non-hydrogen) atoms. The molecule has 1 atom stereocenters. The quantitative estimate of drug-likeness (QED) is 0.745. The lowest BCUT2D eigenvalue weighted by molar-refractivity contribution is 0.104. The zero-order valence-electron chi connectivity index (χ0n) is 11.7. The van der Waals surface area contributed by atoms with Gasteiger partial charge in [-0.3, -0.25) is 4.90 Å². The molecule has 0 radical (unpaired) electrons. The topological polar surface area (TPSA) is 78.7 Å². The fraction of sp³-hybridized carbons (Fsp3) is 0.750. The van der Waals surface area contributed by atoms with Crippen LogP contribution in [0.15, 0.2) is 18.7 Å². The van der Waals surface area contributed by atoms with Crippen LogP contribution in [0.2, 0.25) is 0 Å². The van der Waals surface area contributed by atoms with Crippen LogP contribution in [-0.2, 0) is 16.6 Å². The first kappa shape index (κ1) is 15.4. The molecule has 1 saturated heterocycles. The first-order chi connectivity index (χ1) is 9.53. The molecule has 1 aliphatic heterocycles. The van der Waals surface area contributed by atoms with Crippen molar-refractivity contribution in [2.24, 2.45) is 0 Å². The van der Waals surface area contributed by atoms with Gasteiger partial charge in [0.05, 0.1) is 18.7 Å². The van der Waals surface area contributed by atoms with Crippen molar-refractivity contribution in [2.45, 2.75) is 19.5 Å². The van der Waals surface area contributed by atoms with E-state index in [4.69, 9.17) is 5.11 Å². The van der Waals surface area contributed by atoms with E-state index >= 15 is 0 Å². The number of rotatable bonds is 6. The van der Waals surface area contributed by atoms with Crippen LogP contribution in [0.4, 0.5) is 0 Å². The number of hydrogen-bond donors (Lipinski definition) is 1. The third-order valence-corrected chi connectivity index (χ3v) is 5.49. The van der Waals surface area contributed by atoms with Gasteiger partial charge in [-0.05, 0) is 6.92 Å². The van der Waals surface area contributed by atoms with Crippen LogP contribution >= 0.6 is 0 Å². The molecule has 7 nitrogen and oxygen atoms in total. The number of sulfonamides is 1. The minimum Gasteiger partial charge on any atom is -0.395 e. The van der Waals surface area contributed by atoms with Crippen molar-refractivity contribution in [1.29, 1.82) is 0 Å². The van der Waals surface area contributed by atoms with Crippen molar-refractivity contribution in [3.8, 4) is 0 Å². The molecule has 1 N–H and O–H groups in total. The number of β-amino-alcohol motifs (C(OH)–C–C–N with tert-alkyl or cyclic N) is 1. The molecule has 0 saturated carbocycles. The van der Waals surface area contributed by atoms with Crippen LogP contribution in [0.25, 0.3) is 0 Å². The van der Waals surface area contributed by atoms with E-state index in [1.54, 1.807) is 27.6 Å². The van der Waals surface area contributed by atoms with Crippen LogP contribution in [0.1, 0.15) is 6.92 Å². The van der Waals surface area contributed by atoms with Crippen molar-refractivity contribution in [2.75, 3.05) is 38.5 Å². The van der Waals surface area contributed by atoms with E-state index in [1.807, 2.05) is 6.92 Å². The summed E-state index contributed by atoms with van der Waals surface area (Å²) >= 11 is 0. The second kappa shape index (κ2) is 6.66. The summed E-state index contributed by atoms with van der Waals surface area (Å²) in [7, 11) is -3.24. The molecule has 114 valence electrons. The molecule has 0 aliphatic carbocycles. The van der Waals surface area contributed by atoms with E-state index in [0.29, 0.717) is 32.7 Å². The summed E-state index contributed by atoms with van der Waals surface area (Å²) in [6.45, 7) is 4.79. The lowest BCUT2D eigenvalue weighted by Gasteiger charge is -2.38. The Bertz CT molecular complexity index is 503. The minimum atomic E-state index is -3.24. The largest absolute Gasteiger partial charge is 0.395 e. The monoisotopic (exact) mass is 302 g/mol. The zero-order valence-corrected chi connectivity index (χ0v) is 12.5. The van der Waals surface area contributed by atoms with Gasteiger partial charge in [-0.15, -0.1) is 0 Å². The fourth-order valence-electron chi connectivity index (χ4n) is 2.44. The molecular formula is C12H22N4O3S. The number of nitrogens with zero attached hydrogens (tertiary/aromatic N) is 4. The first-order valence-electron chi connectivity index (χ1n) is 6.81. The Kier molecular flexibility index (Phi) is 5.14. The molecule has 0 bridgehead atoms. The molecule has 1 unspecified atom stereocenters. The predicted molar refractivity (Wildman–Crippen MR) is 75.7 cm³/mol. The normalized spacial score (nSPS) is 22.2. The molecule has 0 aromatic carbocycles. The average Bonchev–Trinajstić information content (AvgIpc) is 2.92. The molecule has 1 aromatic rings. The maximum absolute atomic E-state index is 12.3. The van der Waals surface area contributed by atoms with Gasteiger partial charge in [0.15, 0.2) is 0 Å². The van der Waals surface area contributed by atoms with E-state index in [-0.39, 0.29) is 18.4 Å². The van der Waals surface area contributed by atoms with Crippen LogP contribution in [0.3, 0.4) is 0 Å². The smallest absolute Gasteiger partial charge is 0.215 e. The highest BCUT2D eigenvalue weighted by molar-refractivity contribution is 7.89. The van der Waals surface area contributed by atoms with Gasteiger partial charge in [0.2, 0.25) is 10.0 Å². The van der Waals surface area contributed by atoms with E-state index in [0.717, 1.165) is 0 Å². The average molecular weight is 302 g/mol. The summed E-state index contributed by atoms with van der Waals surface area (Å²) in [6.07, 6.45) is 5.02. The second-order valence-corrected chi connectivity index (χ2v) is 7.17. The summed E-state index contributed by atoms with van der Waals surface area (Å²) in [5, 5.41) is 8.97. The van der Waals surface area contributed by atoms with Crippen LogP contribution in [0, 0.1) is 0 Å². The van der Waals surface area contributed by atoms with Gasteiger partial charge in [-0.2, -0.15) is 4.31 Å². The number of aromatic nitrogens is 2. The van der Waals surface area contributed by atoms with E-state index in [9.17, 15) is 8.42 Å². The summed E-state index contributed by atoms with van der Waals surface area (Å²) in [4.78, 5) is 6.01. The maximum atomic E-state index is 12.3. The summed E-state index contributed by atoms with van der Waals surface area (Å²) in [5.74, 6) is 0.0933. The zero-order chi connectivity index (χ0) is 14.6. The van der Waals surface area contributed by atoms with Crippen molar-refractivity contribution in [3.63, 3.8) is 0 Å². The highest BCUT2D eigenvalue weighted by atomic mass is 32.2. The number of piperazine rings is 1. The predicted octanol–water partition coefficient (Wildman–Crippen LogP) is -0.789. The number of imidazole rings is 1.